The van der Waals surface area contributed by atoms with Crippen molar-refractivity contribution in [2.45, 2.75) is 12.1 Å². The molecule has 0 aliphatic carbocycles. The van der Waals surface area contributed by atoms with Gasteiger partial charge in [0.05, 0.1) is 5.75 Å². The van der Waals surface area contributed by atoms with Crippen molar-refractivity contribution in [2.75, 3.05) is 11.1 Å². The Morgan fingerprint density at radius 3 is 2.52 bits per heavy atom. The highest BCUT2D eigenvalue weighted by molar-refractivity contribution is 9.10. The van der Waals surface area contributed by atoms with Gasteiger partial charge in [-0.3, -0.25) is 9.36 Å². The molecular weight excluding hydrogens is 496 g/mol. The van der Waals surface area contributed by atoms with E-state index in [4.69, 9.17) is 11.6 Å². The van der Waals surface area contributed by atoms with Gasteiger partial charge in [0.2, 0.25) is 5.91 Å². The van der Waals surface area contributed by atoms with Crippen molar-refractivity contribution in [3.05, 3.63) is 87.9 Å². The van der Waals surface area contributed by atoms with E-state index < -0.39 is 0 Å². The van der Waals surface area contributed by atoms with Crippen molar-refractivity contribution >= 4 is 50.9 Å². The van der Waals surface area contributed by atoms with E-state index in [1.807, 2.05) is 78.2 Å². The first-order chi connectivity index (χ1) is 15.0. The summed E-state index contributed by atoms with van der Waals surface area (Å²) in [5.41, 5.74) is 3.70. The molecule has 1 heterocycles. The lowest BCUT2D eigenvalue weighted by Gasteiger charge is -2.11. The van der Waals surface area contributed by atoms with E-state index in [2.05, 4.69) is 37.5 Å². The Bertz CT molecular complexity index is 1210. The number of rotatable bonds is 6. The zero-order valence-corrected chi connectivity index (χ0v) is 19.7. The highest BCUT2D eigenvalue weighted by Crippen LogP contribution is 2.29. The van der Waals surface area contributed by atoms with Crippen LogP contribution in [0.25, 0.3) is 17.1 Å². The number of nitrogens with zero attached hydrogens (tertiary/aromatic N) is 3. The minimum atomic E-state index is -0.112. The number of aromatic nitrogens is 3. The molecule has 1 amide bonds. The molecule has 3 aromatic carbocycles. The molecule has 0 saturated carbocycles. The fourth-order valence-corrected chi connectivity index (χ4v) is 4.15. The molecule has 4 aromatic rings. The summed E-state index contributed by atoms with van der Waals surface area (Å²) < 4.78 is 2.93. The van der Waals surface area contributed by atoms with Gasteiger partial charge in [-0.05, 0) is 73.2 Å². The van der Waals surface area contributed by atoms with E-state index in [0.29, 0.717) is 16.0 Å². The summed E-state index contributed by atoms with van der Waals surface area (Å²) >= 11 is 10.8. The van der Waals surface area contributed by atoms with Crippen LogP contribution in [0.3, 0.4) is 0 Å². The summed E-state index contributed by atoms with van der Waals surface area (Å²) in [4.78, 5) is 12.5. The van der Waals surface area contributed by atoms with Crippen LogP contribution in [0.15, 0.2) is 82.4 Å². The van der Waals surface area contributed by atoms with Crippen molar-refractivity contribution < 1.29 is 4.79 Å². The molecule has 31 heavy (non-hydrogen) atoms. The molecule has 0 aliphatic rings. The van der Waals surface area contributed by atoms with Gasteiger partial charge >= 0.3 is 0 Å². The van der Waals surface area contributed by atoms with Crippen LogP contribution in [0.5, 0.6) is 0 Å². The van der Waals surface area contributed by atoms with Crippen molar-refractivity contribution in [3.63, 3.8) is 0 Å². The number of halogens is 2. The smallest absolute Gasteiger partial charge is 0.234 e. The standard InChI is InChI=1S/C23H18BrClN4OS/c1-15-3-2-4-20(13-15)29-22(16-5-9-18(25)10-6-16)27-28-23(29)31-14-21(30)26-19-11-7-17(24)8-12-19/h2-13H,14H2,1H3,(H,26,30). The Labute approximate surface area is 198 Å². The molecule has 0 bridgehead atoms. The van der Waals surface area contributed by atoms with Crippen LogP contribution in [0, 0.1) is 6.92 Å². The first kappa shape index (κ1) is 21.6. The molecule has 0 unspecified atom stereocenters. The van der Waals surface area contributed by atoms with Crippen molar-refractivity contribution in [1.82, 2.24) is 14.8 Å². The van der Waals surface area contributed by atoms with Gasteiger partial charge in [-0.15, -0.1) is 10.2 Å². The minimum Gasteiger partial charge on any atom is -0.325 e. The van der Waals surface area contributed by atoms with Gasteiger partial charge in [0.15, 0.2) is 11.0 Å². The van der Waals surface area contributed by atoms with E-state index in [1.165, 1.54) is 11.8 Å². The molecule has 0 radical (unpaired) electrons. The van der Waals surface area contributed by atoms with Gasteiger partial charge in [-0.25, -0.2) is 0 Å². The molecular formula is C23H18BrClN4OS. The van der Waals surface area contributed by atoms with Gasteiger partial charge < -0.3 is 5.32 Å². The quantitative estimate of drug-likeness (QED) is 0.304. The SMILES string of the molecule is Cc1cccc(-n2c(SCC(=O)Nc3ccc(Br)cc3)nnc2-c2ccc(Cl)cc2)c1. The number of hydrogen-bond donors (Lipinski definition) is 1. The first-order valence-corrected chi connectivity index (χ1v) is 11.6. The Balaban J connectivity index is 1.60. The molecule has 4 rings (SSSR count). The van der Waals surface area contributed by atoms with E-state index in [0.717, 1.165) is 27.0 Å². The lowest BCUT2D eigenvalue weighted by Crippen LogP contribution is -2.14. The average molecular weight is 514 g/mol. The van der Waals surface area contributed by atoms with Crippen LogP contribution in [-0.2, 0) is 4.79 Å². The molecule has 156 valence electrons. The zero-order chi connectivity index (χ0) is 21.8. The molecule has 8 heteroatoms. The number of carbonyl (C=O) groups excluding carboxylic acids is 1. The summed E-state index contributed by atoms with van der Waals surface area (Å²) in [6.45, 7) is 2.04. The van der Waals surface area contributed by atoms with Crippen LogP contribution in [0.1, 0.15) is 5.56 Å². The molecule has 0 fully saturated rings. The van der Waals surface area contributed by atoms with Crippen molar-refractivity contribution in [2.24, 2.45) is 0 Å². The molecule has 5 nitrogen and oxygen atoms in total. The van der Waals surface area contributed by atoms with Gasteiger partial charge in [0.25, 0.3) is 0 Å². The minimum absolute atomic E-state index is 0.112. The van der Waals surface area contributed by atoms with Gasteiger partial charge in [0.1, 0.15) is 0 Å². The van der Waals surface area contributed by atoms with Gasteiger partial charge in [-0.1, -0.05) is 51.4 Å². The van der Waals surface area contributed by atoms with Crippen LogP contribution in [0.4, 0.5) is 5.69 Å². The topological polar surface area (TPSA) is 59.8 Å². The number of carbonyl (C=O) groups is 1. The van der Waals surface area contributed by atoms with E-state index in [-0.39, 0.29) is 11.7 Å². The largest absolute Gasteiger partial charge is 0.325 e. The Morgan fingerprint density at radius 1 is 1.06 bits per heavy atom. The summed E-state index contributed by atoms with van der Waals surface area (Å²) in [5, 5.41) is 13.0. The Hall–Kier alpha value is -2.61. The van der Waals surface area contributed by atoms with Crippen LogP contribution >= 0.6 is 39.3 Å². The second-order valence-corrected chi connectivity index (χ2v) is 9.13. The Kier molecular flexibility index (Phi) is 6.75. The van der Waals surface area contributed by atoms with Gasteiger partial charge in [0, 0.05) is 26.4 Å². The number of anilines is 1. The number of amides is 1. The summed E-state index contributed by atoms with van der Waals surface area (Å²) in [6.07, 6.45) is 0. The third kappa shape index (κ3) is 5.36. The van der Waals surface area contributed by atoms with Crippen molar-refractivity contribution in [1.29, 1.82) is 0 Å². The monoisotopic (exact) mass is 512 g/mol. The second-order valence-electron chi connectivity index (χ2n) is 6.83. The first-order valence-electron chi connectivity index (χ1n) is 9.46. The highest BCUT2D eigenvalue weighted by atomic mass is 79.9. The fraction of sp³-hybridized carbons (Fsp3) is 0.0870. The zero-order valence-electron chi connectivity index (χ0n) is 16.5. The predicted molar refractivity (Wildman–Crippen MR) is 130 cm³/mol. The third-order valence-corrected chi connectivity index (χ3v) is 6.17. The average Bonchev–Trinajstić information content (AvgIpc) is 3.18. The van der Waals surface area contributed by atoms with E-state index >= 15 is 0 Å². The van der Waals surface area contributed by atoms with Crippen LogP contribution < -0.4 is 5.32 Å². The number of thioether (sulfide) groups is 1. The maximum absolute atomic E-state index is 12.5. The fourth-order valence-electron chi connectivity index (χ4n) is 3.01. The maximum Gasteiger partial charge on any atom is 0.234 e. The maximum atomic E-state index is 12.5. The van der Waals surface area contributed by atoms with Gasteiger partial charge in [-0.2, -0.15) is 0 Å². The normalized spacial score (nSPS) is 10.8. The second kappa shape index (κ2) is 9.68. The molecule has 1 N–H and O–H groups in total. The highest BCUT2D eigenvalue weighted by Gasteiger charge is 2.17. The third-order valence-electron chi connectivity index (χ3n) is 4.46. The Morgan fingerprint density at radius 2 is 1.81 bits per heavy atom. The summed E-state index contributed by atoms with van der Waals surface area (Å²) in [6, 6.07) is 23.0. The number of nitrogens with one attached hydrogen (secondary N) is 1. The molecule has 0 atom stereocenters. The number of aryl methyl sites for hydroxylation is 1. The van der Waals surface area contributed by atoms with Crippen molar-refractivity contribution in [3.8, 4) is 17.1 Å². The molecule has 0 aliphatic heterocycles. The van der Waals surface area contributed by atoms with Crippen LogP contribution in [0.2, 0.25) is 5.02 Å². The summed E-state index contributed by atoms with van der Waals surface area (Å²) in [5.74, 6) is 0.790. The molecule has 0 saturated heterocycles. The number of benzene rings is 3. The van der Waals surface area contributed by atoms with E-state index in [1.54, 1.807) is 0 Å². The van der Waals surface area contributed by atoms with E-state index in [9.17, 15) is 4.79 Å². The molecule has 0 spiro atoms. The summed E-state index contributed by atoms with van der Waals surface area (Å²) in [7, 11) is 0. The lowest BCUT2D eigenvalue weighted by molar-refractivity contribution is -0.113. The predicted octanol–water partition coefficient (Wildman–Crippen LogP) is 6.39. The lowest BCUT2D eigenvalue weighted by atomic mass is 10.2. The number of hydrogen-bond acceptors (Lipinski definition) is 4. The molecule has 1 aromatic heterocycles. The van der Waals surface area contributed by atoms with Crippen LogP contribution in [-0.4, -0.2) is 26.4 Å².